The highest BCUT2D eigenvalue weighted by molar-refractivity contribution is 7.12. The molecule has 0 spiro atoms. The highest BCUT2D eigenvalue weighted by Crippen LogP contribution is 2.13. The van der Waals surface area contributed by atoms with Gasteiger partial charge in [0.05, 0.1) is 10.6 Å². The molecule has 1 N–H and O–H groups in total. The molecule has 0 aliphatic carbocycles. The zero-order valence-corrected chi connectivity index (χ0v) is 11.3. The molecule has 0 unspecified atom stereocenters. The van der Waals surface area contributed by atoms with Gasteiger partial charge in [0.15, 0.2) is 0 Å². The number of carbonyl (C=O) groups is 1. The molecule has 0 aromatic carbocycles. The normalized spacial score (nSPS) is 10.6. The van der Waals surface area contributed by atoms with Crippen molar-refractivity contribution in [3.63, 3.8) is 0 Å². The topological polar surface area (TPSA) is 55.1 Å². The molecule has 2 aromatic rings. The van der Waals surface area contributed by atoms with Crippen LogP contribution in [0.2, 0.25) is 0 Å². The molecule has 96 valence electrons. The predicted molar refractivity (Wildman–Crippen MR) is 71.0 cm³/mol. The number of hydrogen-bond acceptors (Lipinski definition) is 4. The minimum atomic E-state index is 0.00171. The second-order valence-corrected chi connectivity index (χ2v) is 5.19. The van der Waals surface area contributed by atoms with Crippen molar-refractivity contribution in [2.24, 2.45) is 0 Å². The van der Waals surface area contributed by atoms with Gasteiger partial charge in [-0.25, -0.2) is 0 Å². The Balaban J connectivity index is 1.71. The summed E-state index contributed by atoms with van der Waals surface area (Å²) in [5, 5.41) is 8.70. The Kier molecular flexibility index (Phi) is 4.15. The van der Waals surface area contributed by atoms with Gasteiger partial charge >= 0.3 is 0 Å². The summed E-state index contributed by atoms with van der Waals surface area (Å²) >= 11 is 1.47. The van der Waals surface area contributed by atoms with Gasteiger partial charge in [-0.05, 0) is 37.3 Å². The standard InChI is InChI=1S/C13H16N2O2S/c1-9-6-12(18-8-9)13(16)14-5-3-4-11-7-10(2)15-17-11/h6-8H,3-5H2,1-2H3,(H,14,16). The molecule has 2 aromatic heterocycles. The summed E-state index contributed by atoms with van der Waals surface area (Å²) in [7, 11) is 0. The lowest BCUT2D eigenvalue weighted by Crippen LogP contribution is -2.23. The molecule has 4 nitrogen and oxygen atoms in total. The molecular formula is C13H16N2O2S. The average molecular weight is 264 g/mol. The van der Waals surface area contributed by atoms with Crippen molar-refractivity contribution < 1.29 is 9.32 Å². The first-order valence-corrected chi connectivity index (χ1v) is 6.78. The summed E-state index contributed by atoms with van der Waals surface area (Å²) in [6.45, 7) is 4.53. The molecular weight excluding hydrogens is 248 g/mol. The van der Waals surface area contributed by atoms with Crippen LogP contribution in [0.4, 0.5) is 0 Å². The van der Waals surface area contributed by atoms with Gasteiger partial charge < -0.3 is 9.84 Å². The molecule has 0 bridgehead atoms. The maximum atomic E-state index is 11.7. The van der Waals surface area contributed by atoms with Crippen LogP contribution in [-0.2, 0) is 6.42 Å². The Hall–Kier alpha value is -1.62. The Morgan fingerprint density at radius 1 is 1.44 bits per heavy atom. The fraction of sp³-hybridized carbons (Fsp3) is 0.385. The summed E-state index contributed by atoms with van der Waals surface area (Å²) < 4.78 is 5.10. The van der Waals surface area contributed by atoms with E-state index < -0.39 is 0 Å². The predicted octanol–water partition coefficient (Wildman–Crippen LogP) is 2.72. The van der Waals surface area contributed by atoms with Crippen LogP contribution in [0.3, 0.4) is 0 Å². The zero-order chi connectivity index (χ0) is 13.0. The molecule has 18 heavy (non-hydrogen) atoms. The molecule has 0 fully saturated rings. The Labute approximate surface area is 110 Å². The summed E-state index contributed by atoms with van der Waals surface area (Å²) in [5.41, 5.74) is 2.02. The van der Waals surface area contributed by atoms with E-state index in [9.17, 15) is 4.79 Å². The van der Waals surface area contributed by atoms with Gasteiger partial charge in [0.2, 0.25) is 0 Å². The van der Waals surface area contributed by atoms with Gasteiger partial charge in [0, 0.05) is 19.0 Å². The molecule has 0 radical (unpaired) electrons. The Bertz CT molecular complexity index is 531. The molecule has 1 amide bonds. The quantitative estimate of drug-likeness (QED) is 0.845. The van der Waals surface area contributed by atoms with Crippen molar-refractivity contribution >= 4 is 17.2 Å². The lowest BCUT2D eigenvalue weighted by atomic mass is 10.2. The summed E-state index contributed by atoms with van der Waals surface area (Å²) in [5.74, 6) is 0.871. The molecule has 0 atom stereocenters. The van der Waals surface area contributed by atoms with Crippen LogP contribution >= 0.6 is 11.3 Å². The fourth-order valence-electron chi connectivity index (χ4n) is 1.64. The van der Waals surface area contributed by atoms with Crippen LogP contribution in [0.15, 0.2) is 22.0 Å². The second-order valence-electron chi connectivity index (χ2n) is 4.28. The number of rotatable bonds is 5. The number of thiophene rings is 1. The Morgan fingerprint density at radius 3 is 2.89 bits per heavy atom. The van der Waals surface area contributed by atoms with Gasteiger partial charge in [-0.3, -0.25) is 4.79 Å². The first-order valence-electron chi connectivity index (χ1n) is 5.90. The van der Waals surface area contributed by atoms with E-state index >= 15 is 0 Å². The average Bonchev–Trinajstić information content (AvgIpc) is 2.93. The van der Waals surface area contributed by atoms with Crippen LogP contribution in [0.1, 0.15) is 33.1 Å². The lowest BCUT2D eigenvalue weighted by Gasteiger charge is -2.01. The zero-order valence-electron chi connectivity index (χ0n) is 10.5. The Morgan fingerprint density at radius 2 is 2.28 bits per heavy atom. The van der Waals surface area contributed by atoms with Crippen LogP contribution in [-0.4, -0.2) is 17.6 Å². The molecule has 0 aliphatic heterocycles. The largest absolute Gasteiger partial charge is 0.361 e. The summed E-state index contributed by atoms with van der Waals surface area (Å²) in [6, 6.07) is 3.82. The van der Waals surface area contributed by atoms with E-state index in [1.54, 1.807) is 0 Å². The SMILES string of the molecule is Cc1csc(C(=O)NCCCc2cc(C)no2)c1. The van der Waals surface area contributed by atoms with Gasteiger partial charge in [-0.1, -0.05) is 5.16 Å². The molecule has 5 heteroatoms. The van der Waals surface area contributed by atoms with E-state index in [1.165, 1.54) is 11.3 Å². The van der Waals surface area contributed by atoms with E-state index in [0.29, 0.717) is 6.54 Å². The van der Waals surface area contributed by atoms with Crippen molar-refractivity contribution in [1.29, 1.82) is 0 Å². The van der Waals surface area contributed by atoms with E-state index in [0.717, 1.165) is 34.7 Å². The first-order chi connectivity index (χ1) is 8.65. The van der Waals surface area contributed by atoms with E-state index in [4.69, 9.17) is 4.52 Å². The number of aryl methyl sites for hydroxylation is 3. The van der Waals surface area contributed by atoms with Gasteiger partial charge in [-0.15, -0.1) is 11.3 Å². The van der Waals surface area contributed by atoms with Gasteiger partial charge in [0.1, 0.15) is 5.76 Å². The third-order valence-electron chi connectivity index (χ3n) is 2.52. The van der Waals surface area contributed by atoms with E-state index in [1.807, 2.05) is 31.4 Å². The number of hydrogen-bond donors (Lipinski definition) is 1. The van der Waals surface area contributed by atoms with Crippen LogP contribution < -0.4 is 5.32 Å². The highest BCUT2D eigenvalue weighted by Gasteiger charge is 2.07. The van der Waals surface area contributed by atoms with Crippen LogP contribution in [0.25, 0.3) is 0 Å². The third-order valence-corrected chi connectivity index (χ3v) is 3.56. The number of aromatic nitrogens is 1. The maximum absolute atomic E-state index is 11.7. The minimum absolute atomic E-state index is 0.00171. The van der Waals surface area contributed by atoms with E-state index in [2.05, 4.69) is 10.5 Å². The van der Waals surface area contributed by atoms with Crippen molar-refractivity contribution in [2.75, 3.05) is 6.54 Å². The molecule has 2 rings (SSSR count). The van der Waals surface area contributed by atoms with E-state index in [-0.39, 0.29) is 5.91 Å². The van der Waals surface area contributed by atoms with Crippen molar-refractivity contribution in [3.05, 3.63) is 39.4 Å². The highest BCUT2D eigenvalue weighted by atomic mass is 32.1. The maximum Gasteiger partial charge on any atom is 0.261 e. The number of amides is 1. The molecule has 0 aliphatic rings. The molecule has 2 heterocycles. The van der Waals surface area contributed by atoms with Gasteiger partial charge in [-0.2, -0.15) is 0 Å². The summed E-state index contributed by atoms with van der Waals surface area (Å²) in [6.07, 6.45) is 1.65. The summed E-state index contributed by atoms with van der Waals surface area (Å²) in [4.78, 5) is 12.5. The van der Waals surface area contributed by atoms with Crippen molar-refractivity contribution in [2.45, 2.75) is 26.7 Å². The second kappa shape index (κ2) is 5.82. The lowest BCUT2D eigenvalue weighted by molar-refractivity contribution is 0.0957. The number of nitrogens with one attached hydrogen (secondary N) is 1. The number of carbonyl (C=O) groups excluding carboxylic acids is 1. The van der Waals surface area contributed by atoms with Crippen LogP contribution in [0, 0.1) is 13.8 Å². The van der Waals surface area contributed by atoms with Crippen LogP contribution in [0.5, 0.6) is 0 Å². The van der Waals surface area contributed by atoms with Crippen molar-refractivity contribution in [3.8, 4) is 0 Å². The fourth-order valence-corrected chi connectivity index (χ4v) is 2.45. The number of nitrogens with zero attached hydrogens (tertiary/aromatic N) is 1. The molecule has 0 saturated heterocycles. The molecule has 0 saturated carbocycles. The monoisotopic (exact) mass is 264 g/mol. The first kappa shape index (κ1) is 12.8. The minimum Gasteiger partial charge on any atom is -0.361 e. The van der Waals surface area contributed by atoms with Gasteiger partial charge in [0.25, 0.3) is 5.91 Å². The third kappa shape index (κ3) is 3.43. The smallest absolute Gasteiger partial charge is 0.261 e. The van der Waals surface area contributed by atoms with Crippen molar-refractivity contribution in [1.82, 2.24) is 10.5 Å².